The van der Waals surface area contributed by atoms with Crippen LogP contribution in [0.2, 0.25) is 0 Å². The number of halogens is 1. The zero-order valence-corrected chi connectivity index (χ0v) is 9.25. The second-order valence-corrected chi connectivity index (χ2v) is 3.84. The van der Waals surface area contributed by atoms with E-state index in [1.165, 1.54) is 12.1 Å². The molecule has 1 rings (SSSR count). The summed E-state index contributed by atoms with van der Waals surface area (Å²) in [7, 11) is 0. The summed E-state index contributed by atoms with van der Waals surface area (Å²) in [6.45, 7) is 5.38. The summed E-state index contributed by atoms with van der Waals surface area (Å²) >= 11 is 0. The van der Waals surface area contributed by atoms with Gasteiger partial charge in [-0.15, -0.1) is 0 Å². The van der Waals surface area contributed by atoms with E-state index in [1.54, 1.807) is 25.1 Å². The average Bonchev–Trinajstić information content (AvgIpc) is 2.19. The Morgan fingerprint density at radius 3 is 2.67 bits per heavy atom. The third-order valence-electron chi connectivity index (χ3n) is 2.31. The van der Waals surface area contributed by atoms with Crippen LogP contribution >= 0.6 is 0 Å². The highest BCUT2D eigenvalue weighted by molar-refractivity contribution is 5.95. The minimum Gasteiger partial charge on any atom is -0.295 e. The molecule has 1 aromatic carbocycles. The number of hydrogen-bond acceptors (Lipinski definition) is 1. The highest BCUT2D eigenvalue weighted by atomic mass is 19.1. The van der Waals surface area contributed by atoms with Crippen molar-refractivity contribution in [3.05, 3.63) is 41.2 Å². The second kappa shape index (κ2) is 4.87. The van der Waals surface area contributed by atoms with E-state index in [0.29, 0.717) is 5.56 Å². The van der Waals surface area contributed by atoms with E-state index in [4.69, 9.17) is 0 Å². The van der Waals surface area contributed by atoms with Gasteiger partial charge in [-0.05, 0) is 30.2 Å². The molecule has 80 valence electrons. The molecule has 0 aliphatic heterocycles. The first kappa shape index (κ1) is 11.6. The Kier molecular flexibility index (Phi) is 3.78. The van der Waals surface area contributed by atoms with Crippen molar-refractivity contribution in [3.63, 3.8) is 0 Å². The monoisotopic (exact) mass is 206 g/mol. The summed E-state index contributed by atoms with van der Waals surface area (Å²) < 4.78 is 13.1. The number of rotatable bonds is 3. The van der Waals surface area contributed by atoms with E-state index >= 15 is 0 Å². The van der Waals surface area contributed by atoms with Crippen LogP contribution in [0.25, 0.3) is 6.08 Å². The van der Waals surface area contributed by atoms with Crippen molar-refractivity contribution in [2.75, 3.05) is 0 Å². The van der Waals surface area contributed by atoms with Crippen molar-refractivity contribution < 1.29 is 9.18 Å². The zero-order valence-electron chi connectivity index (χ0n) is 9.25. The standard InChI is InChI=1S/C13H15FO/c1-9(2)13(15)8-7-11-5-4-6-12(14)10(11)3/h4-9H,1-3H3. The lowest BCUT2D eigenvalue weighted by Crippen LogP contribution is -2.01. The molecule has 0 spiro atoms. The Hall–Kier alpha value is -1.44. The van der Waals surface area contributed by atoms with Gasteiger partial charge in [0.2, 0.25) is 0 Å². The van der Waals surface area contributed by atoms with Gasteiger partial charge in [0.05, 0.1) is 0 Å². The van der Waals surface area contributed by atoms with Crippen LogP contribution < -0.4 is 0 Å². The van der Waals surface area contributed by atoms with Crippen molar-refractivity contribution in [1.82, 2.24) is 0 Å². The summed E-state index contributed by atoms with van der Waals surface area (Å²) in [6, 6.07) is 4.85. The molecule has 0 fully saturated rings. The molecule has 0 aliphatic carbocycles. The van der Waals surface area contributed by atoms with Gasteiger partial charge < -0.3 is 0 Å². The average molecular weight is 206 g/mol. The predicted octanol–water partition coefficient (Wildman–Crippen LogP) is 3.37. The van der Waals surface area contributed by atoms with Crippen LogP contribution in [0.3, 0.4) is 0 Å². The molecule has 0 atom stereocenters. The number of carbonyl (C=O) groups is 1. The third-order valence-corrected chi connectivity index (χ3v) is 2.31. The molecule has 1 aromatic rings. The molecule has 0 heterocycles. The quantitative estimate of drug-likeness (QED) is 0.693. The van der Waals surface area contributed by atoms with E-state index in [1.807, 2.05) is 13.8 Å². The molecule has 2 heteroatoms. The number of carbonyl (C=O) groups excluding carboxylic acids is 1. The normalized spacial score (nSPS) is 11.3. The van der Waals surface area contributed by atoms with E-state index < -0.39 is 0 Å². The fourth-order valence-corrected chi connectivity index (χ4v) is 1.17. The largest absolute Gasteiger partial charge is 0.295 e. The summed E-state index contributed by atoms with van der Waals surface area (Å²) in [6.07, 6.45) is 3.17. The van der Waals surface area contributed by atoms with Gasteiger partial charge >= 0.3 is 0 Å². The minimum atomic E-state index is -0.242. The molecule has 1 nitrogen and oxygen atoms in total. The minimum absolute atomic E-state index is 0.0184. The van der Waals surface area contributed by atoms with Crippen molar-refractivity contribution in [3.8, 4) is 0 Å². The Bertz CT molecular complexity index is 392. The molecular weight excluding hydrogens is 191 g/mol. The van der Waals surface area contributed by atoms with Gasteiger partial charge in [0.1, 0.15) is 5.82 Å². The molecular formula is C13H15FO. The fraction of sp³-hybridized carbons (Fsp3) is 0.308. The van der Waals surface area contributed by atoms with E-state index in [9.17, 15) is 9.18 Å². The highest BCUT2D eigenvalue weighted by Gasteiger charge is 2.03. The van der Waals surface area contributed by atoms with Gasteiger partial charge in [0.25, 0.3) is 0 Å². The van der Waals surface area contributed by atoms with Crippen LogP contribution in [0.15, 0.2) is 24.3 Å². The topological polar surface area (TPSA) is 17.1 Å². The number of allylic oxidation sites excluding steroid dienone is 1. The molecule has 0 aliphatic rings. The Morgan fingerprint density at radius 2 is 2.07 bits per heavy atom. The van der Waals surface area contributed by atoms with Crippen LogP contribution in [-0.4, -0.2) is 5.78 Å². The second-order valence-electron chi connectivity index (χ2n) is 3.84. The van der Waals surface area contributed by atoms with Crippen LogP contribution in [-0.2, 0) is 4.79 Å². The molecule has 15 heavy (non-hydrogen) atoms. The number of benzene rings is 1. The SMILES string of the molecule is Cc1c(F)cccc1C=CC(=O)C(C)C. The van der Waals surface area contributed by atoms with Crippen LogP contribution in [0.4, 0.5) is 4.39 Å². The summed E-state index contributed by atoms with van der Waals surface area (Å²) in [5.41, 5.74) is 1.33. The van der Waals surface area contributed by atoms with Crippen molar-refractivity contribution in [2.45, 2.75) is 20.8 Å². The highest BCUT2D eigenvalue weighted by Crippen LogP contribution is 2.13. The van der Waals surface area contributed by atoms with Crippen LogP contribution in [0.5, 0.6) is 0 Å². The lowest BCUT2D eigenvalue weighted by Gasteiger charge is -2.01. The first-order valence-electron chi connectivity index (χ1n) is 4.99. The Labute approximate surface area is 89.6 Å². The molecule has 0 amide bonds. The smallest absolute Gasteiger partial charge is 0.158 e. The molecule has 0 saturated heterocycles. The van der Waals surface area contributed by atoms with Crippen molar-refractivity contribution in [2.24, 2.45) is 5.92 Å². The Morgan fingerprint density at radius 1 is 1.40 bits per heavy atom. The maximum absolute atomic E-state index is 13.1. The summed E-state index contributed by atoms with van der Waals surface area (Å²) in [5, 5.41) is 0. The van der Waals surface area contributed by atoms with Gasteiger partial charge in [-0.2, -0.15) is 0 Å². The van der Waals surface area contributed by atoms with E-state index in [0.717, 1.165) is 5.56 Å². The molecule has 0 saturated carbocycles. The lowest BCUT2D eigenvalue weighted by molar-refractivity contribution is -0.117. The van der Waals surface area contributed by atoms with Crippen molar-refractivity contribution in [1.29, 1.82) is 0 Å². The molecule has 0 aromatic heterocycles. The summed E-state index contributed by atoms with van der Waals surface area (Å²) in [4.78, 5) is 11.3. The maximum atomic E-state index is 13.1. The molecule has 0 bridgehead atoms. The van der Waals surface area contributed by atoms with Gasteiger partial charge in [-0.1, -0.05) is 32.1 Å². The molecule has 0 unspecified atom stereocenters. The zero-order chi connectivity index (χ0) is 11.4. The maximum Gasteiger partial charge on any atom is 0.158 e. The van der Waals surface area contributed by atoms with E-state index in [-0.39, 0.29) is 17.5 Å². The van der Waals surface area contributed by atoms with Gasteiger partial charge in [0.15, 0.2) is 5.78 Å². The van der Waals surface area contributed by atoms with Gasteiger partial charge in [0, 0.05) is 5.92 Å². The van der Waals surface area contributed by atoms with E-state index in [2.05, 4.69) is 0 Å². The molecule has 0 N–H and O–H groups in total. The van der Waals surface area contributed by atoms with Gasteiger partial charge in [-0.3, -0.25) is 4.79 Å². The predicted molar refractivity (Wildman–Crippen MR) is 60.0 cm³/mol. The first-order chi connectivity index (χ1) is 7.02. The van der Waals surface area contributed by atoms with Gasteiger partial charge in [-0.25, -0.2) is 4.39 Å². The number of hydrogen-bond donors (Lipinski definition) is 0. The first-order valence-corrected chi connectivity index (χ1v) is 4.99. The Balaban J connectivity index is 2.90. The molecule has 0 radical (unpaired) electrons. The lowest BCUT2D eigenvalue weighted by atomic mass is 10.0. The van der Waals surface area contributed by atoms with Crippen LogP contribution in [0, 0.1) is 18.7 Å². The number of ketones is 1. The summed E-state index contributed by atoms with van der Waals surface area (Å²) in [5.74, 6) is -0.206. The van der Waals surface area contributed by atoms with Crippen LogP contribution in [0.1, 0.15) is 25.0 Å². The fourth-order valence-electron chi connectivity index (χ4n) is 1.17. The van der Waals surface area contributed by atoms with Crippen molar-refractivity contribution >= 4 is 11.9 Å². The third kappa shape index (κ3) is 3.01.